The fourth-order valence-electron chi connectivity index (χ4n) is 1.25. The molecule has 0 aliphatic carbocycles. The van der Waals surface area contributed by atoms with Gasteiger partial charge in [-0.25, -0.2) is 4.98 Å². The molecule has 0 saturated heterocycles. The number of hydrogen-bond acceptors (Lipinski definition) is 4. The first-order valence-electron chi connectivity index (χ1n) is 4.67. The number of hydrogen-bond donors (Lipinski definition) is 1. The van der Waals surface area contributed by atoms with Crippen molar-refractivity contribution in [1.29, 1.82) is 5.26 Å². The number of nitriles is 1. The van der Waals surface area contributed by atoms with Gasteiger partial charge in [0.25, 0.3) is 0 Å². The zero-order valence-corrected chi connectivity index (χ0v) is 9.53. The Hall–Kier alpha value is -1.80. The number of likely N-dealkylation sites (N-methyl/N-ethyl adjacent to an activating group) is 1. The minimum Gasteiger partial charge on any atom is -0.368 e. The highest BCUT2D eigenvalue weighted by Crippen LogP contribution is 2.17. The normalized spacial score (nSPS) is 9.56. The lowest BCUT2D eigenvalue weighted by Crippen LogP contribution is -2.34. The number of anilines is 1. The Morgan fingerprint density at radius 2 is 2.38 bits per heavy atom. The molecule has 0 radical (unpaired) electrons. The van der Waals surface area contributed by atoms with Crippen molar-refractivity contribution in [3.05, 3.63) is 22.8 Å². The van der Waals surface area contributed by atoms with Gasteiger partial charge in [0.1, 0.15) is 11.0 Å². The Morgan fingerprint density at radius 1 is 1.69 bits per heavy atom. The van der Waals surface area contributed by atoms with Gasteiger partial charge in [-0.1, -0.05) is 11.6 Å². The number of aromatic nitrogens is 1. The number of carbonyl (C=O) groups excluding carboxylic acids is 1. The van der Waals surface area contributed by atoms with E-state index >= 15 is 0 Å². The zero-order chi connectivity index (χ0) is 12.1. The zero-order valence-electron chi connectivity index (χ0n) is 8.77. The summed E-state index contributed by atoms with van der Waals surface area (Å²) in [6.45, 7) is 2.47. The van der Waals surface area contributed by atoms with Crippen LogP contribution in [0.1, 0.15) is 12.5 Å². The first-order chi connectivity index (χ1) is 7.56. The minimum absolute atomic E-state index is 0.0503. The molecule has 0 aliphatic rings. The Labute approximate surface area is 98.4 Å². The molecule has 0 aliphatic heterocycles. The summed E-state index contributed by atoms with van der Waals surface area (Å²) in [5.74, 6) is 0.0208. The summed E-state index contributed by atoms with van der Waals surface area (Å²) < 4.78 is 0. The molecule has 16 heavy (non-hydrogen) atoms. The minimum atomic E-state index is -0.456. The monoisotopic (exact) mass is 238 g/mol. The van der Waals surface area contributed by atoms with E-state index in [1.807, 2.05) is 13.0 Å². The number of nitrogens with two attached hydrogens (primary N) is 1. The van der Waals surface area contributed by atoms with Crippen LogP contribution in [0, 0.1) is 11.3 Å². The quantitative estimate of drug-likeness (QED) is 0.791. The van der Waals surface area contributed by atoms with Crippen molar-refractivity contribution >= 4 is 23.3 Å². The molecule has 0 fully saturated rings. The molecule has 0 atom stereocenters. The SMILES string of the molecule is CCN(CC(N)=O)c1cc(C#N)cc(Cl)n1. The molecule has 0 unspecified atom stereocenters. The summed E-state index contributed by atoms with van der Waals surface area (Å²) in [4.78, 5) is 16.5. The molecule has 1 heterocycles. The maximum atomic E-state index is 10.8. The van der Waals surface area contributed by atoms with Crippen molar-refractivity contribution < 1.29 is 4.79 Å². The van der Waals surface area contributed by atoms with E-state index in [4.69, 9.17) is 22.6 Å². The topological polar surface area (TPSA) is 83.0 Å². The number of amides is 1. The van der Waals surface area contributed by atoms with Gasteiger partial charge < -0.3 is 10.6 Å². The third-order valence-electron chi connectivity index (χ3n) is 1.96. The molecular formula is C10H11ClN4O. The molecule has 2 N–H and O–H groups in total. The molecule has 1 aromatic rings. The van der Waals surface area contributed by atoms with Gasteiger partial charge in [0.2, 0.25) is 5.91 Å². The fourth-order valence-corrected chi connectivity index (χ4v) is 1.46. The van der Waals surface area contributed by atoms with Gasteiger partial charge in [0.15, 0.2) is 0 Å². The predicted octanol–water partition coefficient (Wildman–Crippen LogP) is 0.918. The van der Waals surface area contributed by atoms with Crippen LogP contribution in [-0.2, 0) is 4.79 Å². The number of nitrogens with zero attached hydrogens (tertiary/aromatic N) is 3. The summed E-state index contributed by atoms with van der Waals surface area (Å²) >= 11 is 5.76. The molecule has 6 heteroatoms. The number of rotatable bonds is 4. The second kappa shape index (κ2) is 5.33. The smallest absolute Gasteiger partial charge is 0.236 e. The van der Waals surface area contributed by atoms with Crippen LogP contribution in [0.25, 0.3) is 0 Å². The lowest BCUT2D eigenvalue weighted by Gasteiger charge is -2.20. The molecule has 0 aromatic carbocycles. The molecule has 0 bridgehead atoms. The lowest BCUT2D eigenvalue weighted by molar-refractivity contribution is -0.116. The fraction of sp³-hybridized carbons (Fsp3) is 0.300. The number of primary amides is 1. The molecule has 5 nitrogen and oxygen atoms in total. The van der Waals surface area contributed by atoms with Crippen LogP contribution in [0.2, 0.25) is 5.15 Å². The standard InChI is InChI=1S/C10H11ClN4O/c1-2-15(6-9(13)16)10-4-7(5-12)3-8(11)14-10/h3-4H,2,6H2,1H3,(H2,13,16). The molecule has 1 amide bonds. The average molecular weight is 239 g/mol. The second-order valence-electron chi connectivity index (χ2n) is 3.13. The van der Waals surface area contributed by atoms with Crippen LogP contribution >= 0.6 is 11.6 Å². The van der Waals surface area contributed by atoms with E-state index in [1.165, 1.54) is 6.07 Å². The van der Waals surface area contributed by atoms with Crippen LogP contribution in [0.15, 0.2) is 12.1 Å². The molecule has 84 valence electrons. The van der Waals surface area contributed by atoms with E-state index in [2.05, 4.69) is 4.98 Å². The maximum absolute atomic E-state index is 10.8. The van der Waals surface area contributed by atoms with Crippen LogP contribution in [0.3, 0.4) is 0 Å². The van der Waals surface area contributed by atoms with Crippen molar-refractivity contribution in [2.24, 2.45) is 5.73 Å². The van der Waals surface area contributed by atoms with Crippen molar-refractivity contribution in [3.63, 3.8) is 0 Å². The Balaban J connectivity index is 3.05. The highest BCUT2D eigenvalue weighted by molar-refractivity contribution is 6.29. The molecule has 1 rings (SSSR count). The number of carbonyl (C=O) groups is 1. The Morgan fingerprint density at radius 3 is 2.88 bits per heavy atom. The largest absolute Gasteiger partial charge is 0.368 e. The summed E-state index contributed by atoms with van der Waals surface area (Å²) in [5.41, 5.74) is 5.51. The highest BCUT2D eigenvalue weighted by atomic mass is 35.5. The first kappa shape index (κ1) is 12.3. The van der Waals surface area contributed by atoms with Crippen LogP contribution in [-0.4, -0.2) is 24.0 Å². The van der Waals surface area contributed by atoms with E-state index in [9.17, 15) is 4.79 Å². The van der Waals surface area contributed by atoms with Gasteiger partial charge >= 0.3 is 0 Å². The van der Waals surface area contributed by atoms with Gasteiger partial charge in [-0.05, 0) is 19.1 Å². The van der Waals surface area contributed by atoms with Gasteiger partial charge in [-0.3, -0.25) is 4.79 Å². The van der Waals surface area contributed by atoms with Crippen LogP contribution in [0.5, 0.6) is 0 Å². The molecule has 0 saturated carbocycles. The van der Waals surface area contributed by atoms with Crippen molar-refractivity contribution in [1.82, 2.24) is 4.98 Å². The van der Waals surface area contributed by atoms with E-state index in [-0.39, 0.29) is 11.7 Å². The summed E-state index contributed by atoms with van der Waals surface area (Å²) in [7, 11) is 0. The van der Waals surface area contributed by atoms with Crippen molar-refractivity contribution in [2.45, 2.75) is 6.92 Å². The van der Waals surface area contributed by atoms with E-state index in [1.54, 1.807) is 11.0 Å². The van der Waals surface area contributed by atoms with Crippen molar-refractivity contribution in [3.8, 4) is 6.07 Å². The average Bonchev–Trinajstić information content (AvgIpc) is 2.24. The molecular weight excluding hydrogens is 228 g/mol. The summed E-state index contributed by atoms with van der Waals surface area (Å²) in [5, 5.41) is 9.00. The highest BCUT2D eigenvalue weighted by Gasteiger charge is 2.10. The molecule has 0 spiro atoms. The first-order valence-corrected chi connectivity index (χ1v) is 5.05. The summed E-state index contributed by atoms with van der Waals surface area (Å²) in [6, 6.07) is 5.00. The van der Waals surface area contributed by atoms with E-state index < -0.39 is 5.91 Å². The van der Waals surface area contributed by atoms with Crippen molar-refractivity contribution in [2.75, 3.05) is 18.0 Å². The number of pyridine rings is 1. The van der Waals surface area contributed by atoms with E-state index in [0.717, 1.165) is 0 Å². The van der Waals surface area contributed by atoms with Gasteiger partial charge in [0, 0.05) is 6.54 Å². The predicted molar refractivity (Wildman–Crippen MR) is 61.0 cm³/mol. The molecule has 1 aromatic heterocycles. The number of halogens is 1. The van der Waals surface area contributed by atoms with E-state index in [0.29, 0.717) is 17.9 Å². The third kappa shape index (κ3) is 3.11. The maximum Gasteiger partial charge on any atom is 0.236 e. The Bertz CT molecular complexity index is 441. The Kier molecular flexibility index (Phi) is 4.09. The van der Waals surface area contributed by atoms with Crippen LogP contribution < -0.4 is 10.6 Å². The summed E-state index contributed by atoms with van der Waals surface area (Å²) in [6.07, 6.45) is 0. The third-order valence-corrected chi connectivity index (χ3v) is 2.16. The lowest BCUT2D eigenvalue weighted by atomic mass is 10.3. The van der Waals surface area contributed by atoms with Crippen LogP contribution in [0.4, 0.5) is 5.82 Å². The second-order valence-corrected chi connectivity index (χ2v) is 3.52. The van der Waals surface area contributed by atoms with Gasteiger partial charge in [0.05, 0.1) is 18.2 Å². The van der Waals surface area contributed by atoms with Gasteiger partial charge in [-0.15, -0.1) is 0 Å². The van der Waals surface area contributed by atoms with Gasteiger partial charge in [-0.2, -0.15) is 5.26 Å².